The van der Waals surface area contributed by atoms with Crippen LogP contribution in [0.2, 0.25) is 0 Å². The maximum Gasteiger partial charge on any atom is 0.211 e. The lowest BCUT2D eigenvalue weighted by molar-refractivity contribution is 0.102. The molecule has 0 fully saturated rings. The normalized spacial score (nSPS) is 10.5. The minimum absolute atomic E-state index is 0.187. The first kappa shape index (κ1) is 10.8. The molecule has 0 bridgehead atoms. The number of Topliss-reactive ketones (excluding diaryl/α,β-unsaturated/α-hetero) is 1. The summed E-state index contributed by atoms with van der Waals surface area (Å²) in [6, 6.07) is 7.52. The summed E-state index contributed by atoms with van der Waals surface area (Å²) in [6.45, 7) is 0. The molecule has 0 aliphatic carbocycles. The van der Waals surface area contributed by atoms with Crippen molar-refractivity contribution < 1.29 is 4.79 Å². The SMILES string of the molecule is C[S+](C)CC(=O)c1ccc(Br)cc1. The molecular formula is C10H12BrOS+. The number of carbonyl (C=O) groups is 1. The van der Waals surface area contributed by atoms with Crippen molar-refractivity contribution in [3.8, 4) is 0 Å². The molecule has 3 heteroatoms. The Labute approximate surface area is 90.0 Å². The van der Waals surface area contributed by atoms with Gasteiger partial charge in [0.15, 0.2) is 5.75 Å². The van der Waals surface area contributed by atoms with Crippen LogP contribution in [0.25, 0.3) is 0 Å². The summed E-state index contributed by atoms with van der Waals surface area (Å²) in [5.41, 5.74) is 0.810. The van der Waals surface area contributed by atoms with Crippen molar-refractivity contribution in [2.24, 2.45) is 0 Å². The van der Waals surface area contributed by atoms with Gasteiger partial charge in [0.2, 0.25) is 5.78 Å². The molecule has 0 amide bonds. The molecule has 0 atom stereocenters. The average Bonchev–Trinajstić information content (AvgIpc) is 2.04. The van der Waals surface area contributed by atoms with Crippen LogP contribution >= 0.6 is 15.9 Å². The van der Waals surface area contributed by atoms with Crippen LogP contribution in [0.1, 0.15) is 10.4 Å². The number of hydrogen-bond acceptors (Lipinski definition) is 1. The number of halogens is 1. The third-order valence-electron chi connectivity index (χ3n) is 1.59. The molecule has 70 valence electrons. The van der Waals surface area contributed by atoms with Crippen LogP contribution in [0, 0.1) is 0 Å². The van der Waals surface area contributed by atoms with Crippen LogP contribution < -0.4 is 0 Å². The zero-order valence-corrected chi connectivity index (χ0v) is 10.1. The van der Waals surface area contributed by atoms with Gasteiger partial charge in [-0.15, -0.1) is 0 Å². The van der Waals surface area contributed by atoms with Crippen LogP contribution in [-0.4, -0.2) is 24.0 Å². The van der Waals surface area contributed by atoms with Crippen molar-refractivity contribution in [2.45, 2.75) is 0 Å². The van der Waals surface area contributed by atoms with Gasteiger partial charge in [-0.05, 0) is 23.0 Å². The Hall–Kier alpha value is -0.280. The van der Waals surface area contributed by atoms with Crippen LogP contribution in [0.15, 0.2) is 28.7 Å². The van der Waals surface area contributed by atoms with Crippen LogP contribution in [0.5, 0.6) is 0 Å². The average molecular weight is 260 g/mol. The summed E-state index contributed by atoms with van der Waals surface area (Å²) in [4.78, 5) is 11.6. The van der Waals surface area contributed by atoms with Crippen molar-refractivity contribution in [1.29, 1.82) is 0 Å². The van der Waals surface area contributed by atoms with E-state index < -0.39 is 0 Å². The Morgan fingerprint density at radius 3 is 2.31 bits per heavy atom. The molecule has 0 saturated carbocycles. The van der Waals surface area contributed by atoms with E-state index in [1.54, 1.807) is 0 Å². The molecule has 0 N–H and O–H groups in total. The Balaban J connectivity index is 2.72. The van der Waals surface area contributed by atoms with E-state index in [9.17, 15) is 4.79 Å². The predicted octanol–water partition coefficient (Wildman–Crippen LogP) is 2.51. The quantitative estimate of drug-likeness (QED) is 0.603. The van der Waals surface area contributed by atoms with Crippen molar-refractivity contribution in [1.82, 2.24) is 0 Å². The summed E-state index contributed by atoms with van der Waals surface area (Å²) in [5, 5.41) is 0. The van der Waals surface area contributed by atoms with Gasteiger partial charge in [0.1, 0.15) is 0 Å². The summed E-state index contributed by atoms with van der Waals surface area (Å²) in [6.07, 6.45) is 4.16. The molecule has 0 saturated heterocycles. The highest BCUT2D eigenvalue weighted by molar-refractivity contribution is 9.10. The van der Waals surface area contributed by atoms with Crippen LogP contribution in [-0.2, 0) is 10.9 Å². The first-order valence-corrected chi connectivity index (χ1v) is 6.93. The molecule has 0 heterocycles. The second-order valence-corrected chi connectivity index (χ2v) is 6.24. The monoisotopic (exact) mass is 259 g/mol. The zero-order chi connectivity index (χ0) is 9.84. The number of hydrogen-bond donors (Lipinski definition) is 0. The van der Waals surface area contributed by atoms with E-state index in [2.05, 4.69) is 28.4 Å². The number of benzene rings is 1. The third kappa shape index (κ3) is 3.53. The lowest BCUT2D eigenvalue weighted by Crippen LogP contribution is -2.13. The highest BCUT2D eigenvalue weighted by Crippen LogP contribution is 2.11. The smallest absolute Gasteiger partial charge is 0.211 e. The second-order valence-electron chi connectivity index (χ2n) is 3.06. The van der Waals surface area contributed by atoms with Crippen LogP contribution in [0.4, 0.5) is 0 Å². The number of rotatable bonds is 3. The van der Waals surface area contributed by atoms with Crippen molar-refractivity contribution in [2.75, 3.05) is 18.3 Å². The maximum absolute atomic E-state index is 11.6. The van der Waals surface area contributed by atoms with Gasteiger partial charge in [0.25, 0.3) is 0 Å². The number of carbonyl (C=O) groups excluding carboxylic acids is 1. The van der Waals surface area contributed by atoms with Gasteiger partial charge in [0.05, 0.1) is 12.5 Å². The Kier molecular flexibility index (Phi) is 4.00. The van der Waals surface area contributed by atoms with Crippen molar-refractivity contribution >= 4 is 32.6 Å². The van der Waals surface area contributed by atoms with Crippen molar-refractivity contribution in [3.63, 3.8) is 0 Å². The lowest BCUT2D eigenvalue weighted by atomic mass is 10.2. The Morgan fingerprint density at radius 1 is 1.31 bits per heavy atom. The third-order valence-corrected chi connectivity index (χ3v) is 2.95. The van der Waals surface area contributed by atoms with Gasteiger partial charge in [-0.25, -0.2) is 0 Å². The van der Waals surface area contributed by atoms with Gasteiger partial charge >= 0.3 is 0 Å². The topological polar surface area (TPSA) is 17.1 Å². The molecule has 13 heavy (non-hydrogen) atoms. The maximum atomic E-state index is 11.6. The van der Waals surface area contributed by atoms with Crippen LogP contribution in [0.3, 0.4) is 0 Å². The zero-order valence-electron chi connectivity index (χ0n) is 7.71. The summed E-state index contributed by atoms with van der Waals surface area (Å²) < 4.78 is 1.01. The molecule has 0 aliphatic heterocycles. The lowest BCUT2D eigenvalue weighted by Gasteiger charge is -1.98. The largest absolute Gasteiger partial charge is 0.289 e. The molecule has 0 radical (unpaired) electrons. The molecule has 1 aromatic rings. The van der Waals surface area contributed by atoms with E-state index in [0.29, 0.717) is 5.75 Å². The van der Waals surface area contributed by atoms with Gasteiger partial charge < -0.3 is 0 Å². The fourth-order valence-corrected chi connectivity index (χ4v) is 1.94. The summed E-state index contributed by atoms with van der Waals surface area (Å²) in [7, 11) is 0.187. The van der Waals surface area contributed by atoms with E-state index in [-0.39, 0.29) is 16.7 Å². The van der Waals surface area contributed by atoms with Crippen molar-refractivity contribution in [3.05, 3.63) is 34.3 Å². The van der Waals surface area contributed by atoms with E-state index in [1.807, 2.05) is 24.3 Å². The molecule has 0 aliphatic rings. The molecular weight excluding hydrogens is 248 g/mol. The highest BCUT2D eigenvalue weighted by atomic mass is 79.9. The second kappa shape index (κ2) is 4.82. The van der Waals surface area contributed by atoms with E-state index in [1.165, 1.54) is 0 Å². The highest BCUT2D eigenvalue weighted by Gasteiger charge is 2.13. The van der Waals surface area contributed by atoms with Gasteiger partial charge in [0, 0.05) is 10.0 Å². The minimum atomic E-state index is 0.187. The Morgan fingerprint density at radius 2 is 1.85 bits per heavy atom. The minimum Gasteiger partial charge on any atom is -0.289 e. The first-order chi connectivity index (χ1) is 6.09. The molecule has 0 unspecified atom stereocenters. The van der Waals surface area contributed by atoms with Gasteiger partial charge in [-0.1, -0.05) is 28.1 Å². The number of ketones is 1. The first-order valence-electron chi connectivity index (χ1n) is 3.92. The molecule has 1 nitrogen and oxygen atoms in total. The summed E-state index contributed by atoms with van der Waals surface area (Å²) in [5.74, 6) is 0.891. The predicted molar refractivity (Wildman–Crippen MR) is 62.6 cm³/mol. The van der Waals surface area contributed by atoms with Gasteiger partial charge in [-0.3, -0.25) is 4.79 Å². The van der Waals surface area contributed by atoms with E-state index in [0.717, 1.165) is 10.0 Å². The van der Waals surface area contributed by atoms with Gasteiger partial charge in [-0.2, -0.15) is 0 Å². The van der Waals surface area contributed by atoms with E-state index >= 15 is 0 Å². The van der Waals surface area contributed by atoms with E-state index in [4.69, 9.17) is 0 Å². The molecule has 0 spiro atoms. The standard InChI is InChI=1S/C10H12BrOS/c1-13(2)7-10(12)8-3-5-9(11)6-4-8/h3-6H,7H2,1-2H3/q+1. The summed E-state index contributed by atoms with van der Waals surface area (Å²) >= 11 is 3.34. The molecule has 1 aromatic carbocycles. The fraction of sp³-hybridized carbons (Fsp3) is 0.300. The fourth-order valence-electron chi connectivity index (χ4n) is 0.981. The molecule has 0 aromatic heterocycles. The molecule has 1 rings (SSSR count). The Bertz CT molecular complexity index is 292.